The molecule has 0 amide bonds. The lowest BCUT2D eigenvalue weighted by Crippen LogP contribution is -2.50. The van der Waals surface area contributed by atoms with E-state index in [4.69, 9.17) is 11.5 Å². The van der Waals surface area contributed by atoms with Crippen LogP contribution in [0.3, 0.4) is 0 Å². The van der Waals surface area contributed by atoms with E-state index in [0.717, 1.165) is 37.4 Å². The van der Waals surface area contributed by atoms with Gasteiger partial charge in [-0.1, -0.05) is 6.92 Å². The summed E-state index contributed by atoms with van der Waals surface area (Å²) in [5, 5.41) is 3.40. The number of hydrogen-bond acceptors (Lipinski definition) is 6. The maximum atomic E-state index is 5.90. The SMILES string of the molecule is CCc1c(N)nc(N)nc1N1CCN[C@H](C)C1. The number of hydrogen-bond donors (Lipinski definition) is 3. The van der Waals surface area contributed by atoms with Crippen LogP contribution >= 0.6 is 0 Å². The Morgan fingerprint density at radius 2 is 2.18 bits per heavy atom. The molecule has 1 aromatic heterocycles. The smallest absolute Gasteiger partial charge is 0.223 e. The summed E-state index contributed by atoms with van der Waals surface area (Å²) in [5.74, 6) is 1.65. The largest absolute Gasteiger partial charge is 0.383 e. The standard InChI is InChI=1S/C11H20N6/c1-3-8-9(12)15-11(13)16-10(8)17-5-4-14-7(2)6-17/h7,14H,3-6H2,1-2H3,(H4,12,13,15,16)/t7-/m1/s1. The number of piperazine rings is 1. The van der Waals surface area contributed by atoms with Crippen molar-refractivity contribution in [1.82, 2.24) is 15.3 Å². The minimum Gasteiger partial charge on any atom is -0.383 e. The van der Waals surface area contributed by atoms with Crippen molar-refractivity contribution in [1.29, 1.82) is 0 Å². The number of nitrogens with two attached hydrogens (primary N) is 2. The van der Waals surface area contributed by atoms with Gasteiger partial charge in [0.05, 0.1) is 0 Å². The van der Waals surface area contributed by atoms with E-state index in [1.54, 1.807) is 0 Å². The molecule has 6 heteroatoms. The fourth-order valence-corrected chi connectivity index (χ4v) is 2.23. The Bertz CT molecular complexity index is 405. The second-order valence-electron chi connectivity index (χ2n) is 4.42. The molecule has 1 saturated heterocycles. The molecule has 2 heterocycles. The molecule has 5 N–H and O–H groups in total. The first-order valence-corrected chi connectivity index (χ1v) is 6.02. The van der Waals surface area contributed by atoms with E-state index in [-0.39, 0.29) is 5.95 Å². The maximum Gasteiger partial charge on any atom is 0.223 e. The van der Waals surface area contributed by atoms with Gasteiger partial charge in [0.25, 0.3) is 0 Å². The summed E-state index contributed by atoms with van der Waals surface area (Å²) >= 11 is 0. The number of nitrogen functional groups attached to an aromatic ring is 2. The van der Waals surface area contributed by atoms with Gasteiger partial charge in [0.15, 0.2) is 0 Å². The van der Waals surface area contributed by atoms with E-state index >= 15 is 0 Å². The van der Waals surface area contributed by atoms with Crippen LogP contribution in [0.1, 0.15) is 19.4 Å². The molecule has 0 aliphatic carbocycles. The highest BCUT2D eigenvalue weighted by atomic mass is 15.3. The molecule has 1 aliphatic rings. The van der Waals surface area contributed by atoms with Crippen LogP contribution in [0.5, 0.6) is 0 Å². The third-order valence-corrected chi connectivity index (χ3v) is 3.06. The molecule has 0 spiro atoms. The van der Waals surface area contributed by atoms with Gasteiger partial charge < -0.3 is 21.7 Å². The van der Waals surface area contributed by atoms with E-state index in [1.165, 1.54) is 0 Å². The lowest BCUT2D eigenvalue weighted by atomic mass is 10.1. The second kappa shape index (κ2) is 4.75. The second-order valence-corrected chi connectivity index (χ2v) is 4.42. The Morgan fingerprint density at radius 3 is 2.82 bits per heavy atom. The highest BCUT2D eigenvalue weighted by Crippen LogP contribution is 2.24. The monoisotopic (exact) mass is 236 g/mol. The molecular weight excluding hydrogens is 216 g/mol. The number of anilines is 3. The third kappa shape index (κ3) is 2.41. The van der Waals surface area contributed by atoms with Crippen LogP contribution in [-0.2, 0) is 6.42 Å². The average Bonchev–Trinajstić information content (AvgIpc) is 2.28. The zero-order chi connectivity index (χ0) is 12.4. The van der Waals surface area contributed by atoms with Crippen molar-refractivity contribution in [3.63, 3.8) is 0 Å². The average molecular weight is 236 g/mol. The lowest BCUT2D eigenvalue weighted by Gasteiger charge is -2.34. The Balaban J connectivity index is 2.35. The summed E-state index contributed by atoms with van der Waals surface area (Å²) in [4.78, 5) is 10.6. The zero-order valence-electron chi connectivity index (χ0n) is 10.4. The molecule has 17 heavy (non-hydrogen) atoms. The van der Waals surface area contributed by atoms with Crippen LogP contribution in [0, 0.1) is 0 Å². The fourth-order valence-electron chi connectivity index (χ4n) is 2.23. The van der Waals surface area contributed by atoms with Crippen molar-refractivity contribution in [2.24, 2.45) is 0 Å². The summed E-state index contributed by atoms with van der Waals surface area (Å²) in [6, 6.07) is 0.450. The first-order valence-electron chi connectivity index (χ1n) is 6.02. The Kier molecular flexibility index (Phi) is 3.33. The van der Waals surface area contributed by atoms with E-state index in [1.807, 2.05) is 0 Å². The molecule has 1 aliphatic heterocycles. The van der Waals surface area contributed by atoms with Gasteiger partial charge in [0.2, 0.25) is 5.95 Å². The summed E-state index contributed by atoms with van der Waals surface area (Å²) in [6.45, 7) is 7.01. The van der Waals surface area contributed by atoms with Crippen LogP contribution in [0.2, 0.25) is 0 Å². The number of rotatable bonds is 2. The lowest BCUT2D eigenvalue weighted by molar-refractivity contribution is 0.481. The van der Waals surface area contributed by atoms with Crippen molar-refractivity contribution < 1.29 is 0 Å². The summed E-state index contributed by atoms with van der Waals surface area (Å²) in [6.07, 6.45) is 0.819. The molecule has 0 unspecified atom stereocenters. The molecule has 1 fully saturated rings. The molecule has 2 rings (SSSR count). The first-order chi connectivity index (χ1) is 8.11. The van der Waals surface area contributed by atoms with Crippen molar-refractivity contribution in [3.05, 3.63) is 5.56 Å². The van der Waals surface area contributed by atoms with Crippen molar-refractivity contribution in [3.8, 4) is 0 Å². The quantitative estimate of drug-likeness (QED) is 0.669. The number of nitrogens with zero attached hydrogens (tertiary/aromatic N) is 3. The Morgan fingerprint density at radius 1 is 1.41 bits per heavy atom. The fraction of sp³-hybridized carbons (Fsp3) is 0.636. The number of aromatic nitrogens is 2. The van der Waals surface area contributed by atoms with Crippen LogP contribution in [0.15, 0.2) is 0 Å². The van der Waals surface area contributed by atoms with Gasteiger partial charge in [-0.2, -0.15) is 9.97 Å². The van der Waals surface area contributed by atoms with Crippen LogP contribution in [-0.4, -0.2) is 35.6 Å². The number of nitrogens with one attached hydrogen (secondary N) is 1. The summed E-state index contributed by atoms with van der Waals surface area (Å²) < 4.78 is 0. The molecule has 0 bridgehead atoms. The minimum atomic E-state index is 0.251. The van der Waals surface area contributed by atoms with Gasteiger partial charge in [0, 0.05) is 31.2 Å². The van der Waals surface area contributed by atoms with E-state index in [9.17, 15) is 0 Å². The Hall–Kier alpha value is -1.56. The Labute approximate surface area is 101 Å². The van der Waals surface area contributed by atoms with E-state index in [0.29, 0.717) is 11.9 Å². The predicted octanol–water partition coefficient (Wildman–Crippen LogP) is 0.00150. The van der Waals surface area contributed by atoms with Gasteiger partial charge in [-0.05, 0) is 13.3 Å². The molecule has 0 aromatic carbocycles. The van der Waals surface area contributed by atoms with Crippen LogP contribution < -0.4 is 21.7 Å². The topological polar surface area (TPSA) is 93.1 Å². The van der Waals surface area contributed by atoms with Gasteiger partial charge in [0.1, 0.15) is 11.6 Å². The first kappa shape index (κ1) is 11.9. The molecule has 1 aromatic rings. The highest BCUT2D eigenvalue weighted by molar-refractivity contribution is 5.60. The van der Waals surface area contributed by atoms with Crippen molar-refractivity contribution in [2.45, 2.75) is 26.3 Å². The third-order valence-electron chi connectivity index (χ3n) is 3.06. The van der Waals surface area contributed by atoms with Gasteiger partial charge in [-0.25, -0.2) is 0 Å². The van der Waals surface area contributed by atoms with Gasteiger partial charge >= 0.3 is 0 Å². The molecular formula is C11H20N6. The van der Waals surface area contributed by atoms with E-state index in [2.05, 4.69) is 34.0 Å². The van der Waals surface area contributed by atoms with Crippen LogP contribution in [0.4, 0.5) is 17.6 Å². The molecule has 0 saturated carbocycles. The van der Waals surface area contributed by atoms with Gasteiger partial charge in [-0.15, -0.1) is 0 Å². The molecule has 1 atom stereocenters. The zero-order valence-corrected chi connectivity index (χ0v) is 10.4. The van der Waals surface area contributed by atoms with Gasteiger partial charge in [-0.3, -0.25) is 0 Å². The predicted molar refractivity (Wildman–Crippen MR) is 69.9 cm³/mol. The normalized spacial score (nSPS) is 20.6. The summed E-state index contributed by atoms with van der Waals surface area (Å²) in [7, 11) is 0. The minimum absolute atomic E-state index is 0.251. The van der Waals surface area contributed by atoms with Crippen molar-refractivity contribution in [2.75, 3.05) is 36.0 Å². The maximum absolute atomic E-state index is 5.90. The summed E-state index contributed by atoms with van der Waals surface area (Å²) in [5.41, 5.74) is 12.6. The molecule has 94 valence electrons. The molecule has 0 radical (unpaired) electrons. The molecule has 6 nitrogen and oxygen atoms in total. The van der Waals surface area contributed by atoms with Crippen LogP contribution in [0.25, 0.3) is 0 Å². The highest BCUT2D eigenvalue weighted by Gasteiger charge is 2.21. The van der Waals surface area contributed by atoms with Crippen molar-refractivity contribution >= 4 is 17.6 Å². The van der Waals surface area contributed by atoms with E-state index < -0.39 is 0 Å².